The van der Waals surface area contributed by atoms with Gasteiger partial charge in [0.15, 0.2) is 5.82 Å². The van der Waals surface area contributed by atoms with E-state index in [4.69, 9.17) is 9.47 Å². The number of nitrogens with one attached hydrogen (secondary N) is 2. The molecule has 0 unspecified atom stereocenters. The smallest absolute Gasteiger partial charge is 0.258 e. The summed E-state index contributed by atoms with van der Waals surface area (Å²) in [6.07, 6.45) is 4.64. The molecule has 0 saturated carbocycles. The molecule has 0 radical (unpaired) electrons. The number of rotatable bonds is 7. The number of anilines is 1. The Labute approximate surface area is 165 Å². The van der Waals surface area contributed by atoms with E-state index >= 15 is 0 Å². The summed E-state index contributed by atoms with van der Waals surface area (Å²) in [7, 11) is 3.26. The molecule has 0 aliphatic heterocycles. The van der Waals surface area contributed by atoms with Gasteiger partial charge in [0.25, 0.3) is 5.91 Å². The van der Waals surface area contributed by atoms with Gasteiger partial charge >= 0.3 is 0 Å². The van der Waals surface area contributed by atoms with Crippen molar-refractivity contribution in [2.24, 2.45) is 0 Å². The second-order valence-corrected chi connectivity index (χ2v) is 6.76. The molecule has 3 aromatic rings. The van der Waals surface area contributed by atoms with Crippen molar-refractivity contribution in [3.05, 3.63) is 64.0 Å². The van der Waals surface area contributed by atoms with Crippen molar-refractivity contribution in [2.75, 3.05) is 19.5 Å². The van der Waals surface area contributed by atoms with E-state index in [0.29, 0.717) is 11.4 Å². The summed E-state index contributed by atoms with van der Waals surface area (Å²) in [5.41, 5.74) is 2.46. The van der Waals surface area contributed by atoms with E-state index in [2.05, 4.69) is 36.4 Å². The van der Waals surface area contributed by atoms with E-state index in [9.17, 15) is 4.79 Å². The van der Waals surface area contributed by atoms with Crippen molar-refractivity contribution < 1.29 is 14.3 Å². The molecule has 27 heavy (non-hydrogen) atoms. The number of H-pyrrole nitrogens is 1. The summed E-state index contributed by atoms with van der Waals surface area (Å²) >= 11 is 3.30. The van der Waals surface area contributed by atoms with Crippen molar-refractivity contribution >= 4 is 27.7 Å². The average molecular weight is 431 g/mol. The number of halogens is 1. The Morgan fingerprint density at radius 1 is 1.07 bits per heavy atom. The van der Waals surface area contributed by atoms with Crippen molar-refractivity contribution in [3.8, 4) is 11.5 Å². The monoisotopic (exact) mass is 430 g/mol. The van der Waals surface area contributed by atoms with Gasteiger partial charge in [-0.25, -0.2) is 0 Å². The first-order chi connectivity index (χ1) is 13.1. The molecule has 0 aliphatic carbocycles. The van der Waals surface area contributed by atoms with Gasteiger partial charge in [0.05, 0.1) is 19.8 Å². The van der Waals surface area contributed by atoms with Crippen LogP contribution < -0.4 is 14.8 Å². The molecule has 1 aromatic carbocycles. The molecule has 3 rings (SSSR count). The topological polar surface area (TPSA) is 89.1 Å². The molecule has 0 aliphatic rings. The lowest BCUT2D eigenvalue weighted by Crippen LogP contribution is -2.12. The Bertz CT molecular complexity index is 920. The van der Waals surface area contributed by atoms with Crippen LogP contribution in [0.4, 0.5) is 5.82 Å². The van der Waals surface area contributed by atoms with Crippen LogP contribution in [0, 0.1) is 0 Å². The largest absolute Gasteiger partial charge is 0.497 e. The highest BCUT2D eigenvalue weighted by molar-refractivity contribution is 9.10. The van der Waals surface area contributed by atoms with Gasteiger partial charge in [-0.2, -0.15) is 5.10 Å². The maximum Gasteiger partial charge on any atom is 0.258 e. The number of hydrogen-bond acceptors (Lipinski definition) is 5. The highest BCUT2D eigenvalue weighted by Gasteiger charge is 2.10. The molecule has 0 bridgehead atoms. The molecule has 0 spiro atoms. The second-order valence-electron chi connectivity index (χ2n) is 5.85. The zero-order chi connectivity index (χ0) is 19.2. The van der Waals surface area contributed by atoms with Crippen LogP contribution in [0.5, 0.6) is 11.5 Å². The average Bonchev–Trinajstić information content (AvgIpc) is 3.13. The van der Waals surface area contributed by atoms with E-state index in [1.54, 1.807) is 26.5 Å². The highest BCUT2D eigenvalue weighted by Crippen LogP contribution is 2.23. The van der Waals surface area contributed by atoms with Gasteiger partial charge in [0.1, 0.15) is 11.5 Å². The number of pyridine rings is 1. The minimum Gasteiger partial charge on any atom is -0.497 e. The van der Waals surface area contributed by atoms with E-state index in [1.165, 1.54) is 6.20 Å². The number of carbonyl (C=O) groups excluding carboxylic acids is 1. The molecule has 2 heterocycles. The number of carbonyl (C=O) groups is 1. The fourth-order valence-corrected chi connectivity index (χ4v) is 2.93. The summed E-state index contributed by atoms with van der Waals surface area (Å²) in [6.45, 7) is 0. The zero-order valence-electron chi connectivity index (χ0n) is 15.0. The van der Waals surface area contributed by atoms with Crippen molar-refractivity contribution in [2.45, 2.75) is 12.8 Å². The molecule has 140 valence electrons. The maximum atomic E-state index is 12.2. The van der Waals surface area contributed by atoms with E-state index in [-0.39, 0.29) is 5.91 Å². The van der Waals surface area contributed by atoms with E-state index in [1.807, 2.05) is 24.3 Å². The fraction of sp³-hybridized carbons (Fsp3) is 0.211. The standard InChI is InChI=1S/C19H19BrN4O3/c1-26-16-5-12(6-17(9-16)27-2)3-4-15-8-18(24-23-15)22-19(25)13-7-14(20)11-21-10-13/h5-11H,3-4H2,1-2H3,(H2,22,23,24,25). The first-order valence-electron chi connectivity index (χ1n) is 8.25. The zero-order valence-corrected chi connectivity index (χ0v) is 16.5. The number of aromatic nitrogens is 3. The third kappa shape index (κ3) is 5.07. The lowest BCUT2D eigenvalue weighted by molar-refractivity contribution is 0.102. The minimum absolute atomic E-state index is 0.264. The Balaban J connectivity index is 1.62. The SMILES string of the molecule is COc1cc(CCc2cc(NC(=O)c3cncc(Br)c3)n[nH]2)cc(OC)c1. The van der Waals surface area contributed by atoms with E-state index in [0.717, 1.165) is 40.1 Å². The molecule has 2 aromatic heterocycles. The second kappa shape index (κ2) is 8.68. The molecule has 1 amide bonds. The number of aryl methyl sites for hydroxylation is 2. The van der Waals surface area contributed by atoms with Gasteiger partial charge < -0.3 is 14.8 Å². The van der Waals surface area contributed by atoms with E-state index < -0.39 is 0 Å². The predicted molar refractivity (Wildman–Crippen MR) is 105 cm³/mol. The number of benzene rings is 1. The molecular formula is C19H19BrN4O3. The molecule has 0 atom stereocenters. The van der Waals surface area contributed by atoms with Crippen LogP contribution in [0.25, 0.3) is 0 Å². The minimum atomic E-state index is -0.264. The number of methoxy groups -OCH3 is 2. The lowest BCUT2D eigenvalue weighted by atomic mass is 10.1. The molecule has 2 N–H and O–H groups in total. The van der Waals surface area contributed by atoms with Gasteiger partial charge in [-0.1, -0.05) is 0 Å². The summed E-state index contributed by atoms with van der Waals surface area (Å²) in [6, 6.07) is 9.31. The quantitative estimate of drug-likeness (QED) is 0.597. The molecule has 0 fully saturated rings. The predicted octanol–water partition coefficient (Wildman–Crippen LogP) is 3.62. The van der Waals surface area contributed by atoms with Crippen LogP contribution in [0.2, 0.25) is 0 Å². The van der Waals surface area contributed by atoms with Crippen LogP contribution in [0.3, 0.4) is 0 Å². The number of amides is 1. The third-order valence-electron chi connectivity index (χ3n) is 3.93. The third-order valence-corrected chi connectivity index (χ3v) is 4.37. The van der Waals surface area contributed by atoms with Crippen LogP contribution in [-0.4, -0.2) is 35.3 Å². The Kier molecular flexibility index (Phi) is 6.08. The Morgan fingerprint density at radius 3 is 2.48 bits per heavy atom. The van der Waals surface area contributed by atoms with Crippen LogP contribution in [0.1, 0.15) is 21.6 Å². The molecule has 0 saturated heterocycles. The van der Waals surface area contributed by atoms with Gasteiger partial charge in [0, 0.05) is 34.7 Å². The molecular weight excluding hydrogens is 412 g/mol. The lowest BCUT2D eigenvalue weighted by Gasteiger charge is -2.08. The Hall–Kier alpha value is -2.87. The highest BCUT2D eigenvalue weighted by atomic mass is 79.9. The summed E-state index contributed by atoms with van der Waals surface area (Å²) in [5, 5.41) is 9.85. The number of ether oxygens (including phenoxy) is 2. The van der Waals surface area contributed by atoms with Gasteiger partial charge in [-0.15, -0.1) is 0 Å². The molecule has 7 nitrogen and oxygen atoms in total. The van der Waals surface area contributed by atoms with Gasteiger partial charge in [0.2, 0.25) is 0 Å². The Morgan fingerprint density at radius 2 is 1.81 bits per heavy atom. The first kappa shape index (κ1) is 18.9. The maximum absolute atomic E-state index is 12.2. The normalized spacial score (nSPS) is 10.5. The number of nitrogens with zero attached hydrogens (tertiary/aromatic N) is 2. The van der Waals surface area contributed by atoms with Gasteiger partial charge in [-0.3, -0.25) is 14.9 Å². The summed E-state index contributed by atoms with van der Waals surface area (Å²) in [4.78, 5) is 16.2. The van der Waals surface area contributed by atoms with Crippen molar-refractivity contribution in [1.29, 1.82) is 0 Å². The van der Waals surface area contributed by atoms with Gasteiger partial charge in [-0.05, 0) is 52.5 Å². The van der Waals surface area contributed by atoms with Crippen LogP contribution >= 0.6 is 15.9 Å². The fourth-order valence-electron chi connectivity index (χ4n) is 2.57. The van der Waals surface area contributed by atoms with Crippen LogP contribution in [-0.2, 0) is 12.8 Å². The number of aromatic amines is 1. The summed E-state index contributed by atoms with van der Waals surface area (Å²) in [5.74, 6) is 1.71. The number of hydrogen-bond donors (Lipinski definition) is 2. The van der Waals surface area contributed by atoms with Crippen molar-refractivity contribution in [3.63, 3.8) is 0 Å². The summed E-state index contributed by atoms with van der Waals surface area (Å²) < 4.78 is 11.3. The van der Waals surface area contributed by atoms with Crippen LogP contribution in [0.15, 0.2) is 47.2 Å². The first-order valence-corrected chi connectivity index (χ1v) is 9.05. The van der Waals surface area contributed by atoms with Crippen molar-refractivity contribution in [1.82, 2.24) is 15.2 Å². The molecule has 8 heteroatoms.